The largest absolute Gasteiger partial charge is 0.465 e. The van der Waals surface area contributed by atoms with Crippen LogP contribution in [0.25, 0.3) is 0 Å². The fourth-order valence-electron chi connectivity index (χ4n) is 1.71. The predicted octanol–water partition coefficient (Wildman–Crippen LogP) is 4.01. The average Bonchev–Trinajstić information content (AvgIpc) is 2.80. The number of esters is 1. The maximum absolute atomic E-state index is 11.5. The smallest absolute Gasteiger partial charge is 0.341 e. The molecule has 0 amide bonds. The first-order valence-corrected chi connectivity index (χ1v) is 7.64. The second kappa shape index (κ2) is 6.37. The van der Waals surface area contributed by atoms with E-state index < -0.39 is 0 Å². The second-order valence-corrected chi connectivity index (χ2v) is 6.08. The highest BCUT2D eigenvalue weighted by molar-refractivity contribution is 9.10. The third-order valence-corrected chi connectivity index (χ3v) is 4.31. The van der Waals surface area contributed by atoms with Crippen molar-refractivity contribution in [3.63, 3.8) is 0 Å². The van der Waals surface area contributed by atoms with Crippen molar-refractivity contribution in [2.45, 2.75) is 17.6 Å². The summed E-state index contributed by atoms with van der Waals surface area (Å²) in [5, 5.41) is 0. The Hall–Kier alpha value is -1.40. The van der Waals surface area contributed by atoms with Gasteiger partial charge in [0.25, 0.3) is 0 Å². The SMILES string of the molecule is COC(=O)c1cc(CSc2cc(Br)ccc2N)oc1C. The molecule has 4 nitrogen and oxygen atoms in total. The zero-order chi connectivity index (χ0) is 14.7. The minimum Gasteiger partial charge on any atom is -0.465 e. The first-order valence-electron chi connectivity index (χ1n) is 5.86. The van der Waals surface area contributed by atoms with Crippen LogP contribution in [0.4, 0.5) is 5.69 Å². The van der Waals surface area contributed by atoms with Crippen LogP contribution in [-0.4, -0.2) is 13.1 Å². The van der Waals surface area contributed by atoms with E-state index in [9.17, 15) is 4.79 Å². The van der Waals surface area contributed by atoms with Gasteiger partial charge in [0.05, 0.1) is 12.9 Å². The van der Waals surface area contributed by atoms with Crippen LogP contribution < -0.4 is 5.73 Å². The molecule has 106 valence electrons. The van der Waals surface area contributed by atoms with Gasteiger partial charge < -0.3 is 14.9 Å². The van der Waals surface area contributed by atoms with E-state index in [1.54, 1.807) is 24.8 Å². The summed E-state index contributed by atoms with van der Waals surface area (Å²) in [7, 11) is 1.35. The summed E-state index contributed by atoms with van der Waals surface area (Å²) in [5.74, 6) is 1.49. The minimum atomic E-state index is -0.385. The zero-order valence-electron chi connectivity index (χ0n) is 11.1. The number of carbonyl (C=O) groups is 1. The predicted molar refractivity (Wildman–Crippen MR) is 82.9 cm³/mol. The monoisotopic (exact) mass is 355 g/mol. The molecular formula is C14H14BrNO3S. The maximum atomic E-state index is 11.5. The molecule has 0 atom stereocenters. The molecule has 1 heterocycles. The number of hydrogen-bond acceptors (Lipinski definition) is 5. The fraction of sp³-hybridized carbons (Fsp3) is 0.214. The molecular weight excluding hydrogens is 342 g/mol. The molecule has 1 aromatic heterocycles. The first kappa shape index (κ1) is 15.0. The Morgan fingerprint density at radius 2 is 2.20 bits per heavy atom. The molecule has 0 spiro atoms. The summed E-state index contributed by atoms with van der Waals surface area (Å²) >= 11 is 4.97. The van der Waals surface area contributed by atoms with Gasteiger partial charge in [0.2, 0.25) is 0 Å². The van der Waals surface area contributed by atoms with Crippen molar-refractivity contribution in [1.82, 2.24) is 0 Å². The quantitative estimate of drug-likeness (QED) is 0.509. The van der Waals surface area contributed by atoms with Gasteiger partial charge in [0.15, 0.2) is 0 Å². The molecule has 0 aliphatic carbocycles. The van der Waals surface area contributed by atoms with E-state index in [1.165, 1.54) is 7.11 Å². The van der Waals surface area contributed by atoms with Gasteiger partial charge in [-0.05, 0) is 31.2 Å². The van der Waals surface area contributed by atoms with Crippen LogP contribution in [0.2, 0.25) is 0 Å². The van der Waals surface area contributed by atoms with Crippen molar-refractivity contribution < 1.29 is 13.9 Å². The summed E-state index contributed by atoms with van der Waals surface area (Å²) < 4.78 is 11.2. The van der Waals surface area contributed by atoms with E-state index in [1.807, 2.05) is 18.2 Å². The lowest BCUT2D eigenvalue weighted by molar-refractivity contribution is 0.0599. The van der Waals surface area contributed by atoms with Gasteiger partial charge in [-0.1, -0.05) is 15.9 Å². The summed E-state index contributed by atoms with van der Waals surface area (Å²) in [6, 6.07) is 7.41. The minimum absolute atomic E-state index is 0.385. The van der Waals surface area contributed by atoms with E-state index in [-0.39, 0.29) is 5.97 Å². The van der Waals surface area contributed by atoms with Gasteiger partial charge in [-0.3, -0.25) is 0 Å². The molecule has 0 radical (unpaired) electrons. The van der Waals surface area contributed by atoms with Crippen molar-refractivity contribution in [3.8, 4) is 0 Å². The number of nitrogens with two attached hydrogens (primary N) is 1. The number of thioether (sulfide) groups is 1. The number of hydrogen-bond donors (Lipinski definition) is 1. The number of carbonyl (C=O) groups excluding carboxylic acids is 1. The van der Waals surface area contributed by atoms with Crippen LogP contribution >= 0.6 is 27.7 Å². The van der Waals surface area contributed by atoms with E-state index in [4.69, 9.17) is 14.9 Å². The molecule has 2 rings (SSSR count). The molecule has 0 saturated carbocycles. The molecule has 20 heavy (non-hydrogen) atoms. The molecule has 2 N–H and O–H groups in total. The molecule has 1 aromatic carbocycles. The number of methoxy groups -OCH3 is 1. The van der Waals surface area contributed by atoms with E-state index in [0.717, 1.165) is 15.1 Å². The summed E-state index contributed by atoms with van der Waals surface area (Å²) in [6.07, 6.45) is 0. The Bertz CT molecular complexity index is 639. The van der Waals surface area contributed by atoms with Crippen LogP contribution in [0.5, 0.6) is 0 Å². The first-order chi connectivity index (χ1) is 9.51. The van der Waals surface area contributed by atoms with Gasteiger partial charge in [-0.25, -0.2) is 4.79 Å². The lowest BCUT2D eigenvalue weighted by Crippen LogP contribution is -2.00. The van der Waals surface area contributed by atoms with Crippen LogP contribution in [0, 0.1) is 6.92 Å². The van der Waals surface area contributed by atoms with Crippen LogP contribution in [0.3, 0.4) is 0 Å². The van der Waals surface area contributed by atoms with Gasteiger partial charge >= 0.3 is 5.97 Å². The second-order valence-electron chi connectivity index (χ2n) is 4.14. The van der Waals surface area contributed by atoms with E-state index in [2.05, 4.69) is 15.9 Å². The number of aryl methyl sites for hydroxylation is 1. The number of rotatable bonds is 4. The highest BCUT2D eigenvalue weighted by Gasteiger charge is 2.15. The normalized spacial score (nSPS) is 10.6. The molecule has 2 aromatic rings. The maximum Gasteiger partial charge on any atom is 0.341 e. The Labute approximate surface area is 129 Å². The third-order valence-electron chi connectivity index (χ3n) is 2.72. The van der Waals surface area contributed by atoms with Crippen LogP contribution in [-0.2, 0) is 10.5 Å². The van der Waals surface area contributed by atoms with Crippen molar-refractivity contribution in [2.75, 3.05) is 12.8 Å². The third kappa shape index (κ3) is 3.37. The molecule has 0 aliphatic rings. The number of benzene rings is 1. The molecule has 0 saturated heterocycles. The standard InChI is InChI=1S/C14H14BrNO3S/c1-8-11(14(17)18-2)6-10(19-8)7-20-13-5-9(15)3-4-12(13)16/h3-6H,7,16H2,1-2H3. The van der Waals surface area contributed by atoms with Crippen molar-refractivity contribution >= 4 is 39.3 Å². The van der Waals surface area contributed by atoms with Gasteiger partial charge in [0.1, 0.15) is 17.1 Å². The van der Waals surface area contributed by atoms with Crippen molar-refractivity contribution in [3.05, 3.63) is 45.8 Å². The van der Waals surface area contributed by atoms with Gasteiger partial charge in [0, 0.05) is 15.1 Å². The number of anilines is 1. The fourth-order valence-corrected chi connectivity index (χ4v) is 3.11. The van der Waals surface area contributed by atoms with Crippen LogP contribution in [0.1, 0.15) is 21.9 Å². The molecule has 6 heteroatoms. The number of furan rings is 1. The summed E-state index contributed by atoms with van der Waals surface area (Å²) in [4.78, 5) is 12.5. The average molecular weight is 356 g/mol. The lowest BCUT2D eigenvalue weighted by atomic mass is 10.2. The Morgan fingerprint density at radius 1 is 1.45 bits per heavy atom. The molecule has 0 unspecified atom stereocenters. The number of nitrogen functional groups attached to an aromatic ring is 1. The summed E-state index contributed by atoms with van der Waals surface area (Å²) in [6.45, 7) is 1.74. The number of halogens is 1. The van der Waals surface area contributed by atoms with Gasteiger partial charge in [-0.2, -0.15) is 0 Å². The number of ether oxygens (including phenoxy) is 1. The molecule has 0 fully saturated rings. The highest BCUT2D eigenvalue weighted by atomic mass is 79.9. The highest BCUT2D eigenvalue weighted by Crippen LogP contribution is 2.31. The zero-order valence-corrected chi connectivity index (χ0v) is 13.5. The van der Waals surface area contributed by atoms with Crippen molar-refractivity contribution in [1.29, 1.82) is 0 Å². The van der Waals surface area contributed by atoms with E-state index in [0.29, 0.717) is 22.8 Å². The Balaban J connectivity index is 2.11. The Morgan fingerprint density at radius 3 is 2.90 bits per heavy atom. The van der Waals surface area contributed by atoms with Gasteiger partial charge in [-0.15, -0.1) is 11.8 Å². The molecule has 0 aliphatic heterocycles. The van der Waals surface area contributed by atoms with Crippen LogP contribution in [0.15, 0.2) is 38.1 Å². The van der Waals surface area contributed by atoms with Crippen molar-refractivity contribution in [2.24, 2.45) is 0 Å². The Kier molecular flexibility index (Phi) is 4.77. The lowest BCUT2D eigenvalue weighted by Gasteiger charge is -2.04. The topological polar surface area (TPSA) is 65.5 Å². The summed E-state index contributed by atoms with van der Waals surface area (Å²) in [5.41, 5.74) is 7.09. The molecule has 0 bridgehead atoms. The van der Waals surface area contributed by atoms with E-state index >= 15 is 0 Å².